The van der Waals surface area contributed by atoms with Crippen molar-refractivity contribution in [3.63, 3.8) is 0 Å². The predicted octanol–water partition coefficient (Wildman–Crippen LogP) is 2.63. The zero-order chi connectivity index (χ0) is 19.3. The number of carbonyl (C=O) groups is 2. The molecule has 1 aromatic rings. The van der Waals surface area contributed by atoms with Gasteiger partial charge in [-0.05, 0) is 42.7 Å². The molecule has 2 fully saturated rings. The Morgan fingerprint density at radius 1 is 1.15 bits per heavy atom. The zero-order valence-corrected chi connectivity index (χ0v) is 16.7. The zero-order valence-electron chi connectivity index (χ0n) is 16.7. The SMILES string of the molecule is CCN1CC(c2ccccc2)CC2(CCN(C(=O)CCC(=O)NC)CC2)C1. The highest BCUT2D eigenvalue weighted by atomic mass is 16.2. The molecule has 0 bridgehead atoms. The monoisotopic (exact) mass is 371 g/mol. The van der Waals surface area contributed by atoms with Crippen molar-refractivity contribution in [3.05, 3.63) is 35.9 Å². The van der Waals surface area contributed by atoms with E-state index in [9.17, 15) is 9.59 Å². The Bertz CT molecular complexity index is 638. The lowest BCUT2D eigenvalue weighted by molar-refractivity contribution is -0.136. The minimum atomic E-state index is -0.0617. The van der Waals surface area contributed by atoms with E-state index >= 15 is 0 Å². The fourth-order valence-electron chi connectivity index (χ4n) is 4.79. The molecule has 0 aliphatic carbocycles. The molecule has 2 saturated heterocycles. The third-order valence-electron chi connectivity index (χ3n) is 6.46. The van der Waals surface area contributed by atoms with Gasteiger partial charge in [-0.3, -0.25) is 9.59 Å². The lowest BCUT2D eigenvalue weighted by Crippen LogP contribution is -2.52. The molecule has 2 aliphatic heterocycles. The second-order valence-corrected chi connectivity index (χ2v) is 8.19. The van der Waals surface area contributed by atoms with E-state index in [4.69, 9.17) is 0 Å². The summed E-state index contributed by atoms with van der Waals surface area (Å²) in [6.07, 6.45) is 3.96. The molecule has 1 aromatic carbocycles. The summed E-state index contributed by atoms with van der Waals surface area (Å²) in [5.74, 6) is 0.639. The summed E-state index contributed by atoms with van der Waals surface area (Å²) in [5.41, 5.74) is 1.76. The summed E-state index contributed by atoms with van der Waals surface area (Å²) < 4.78 is 0. The normalized spacial score (nSPS) is 22.6. The number of likely N-dealkylation sites (tertiary alicyclic amines) is 2. The van der Waals surface area contributed by atoms with Gasteiger partial charge in [0.15, 0.2) is 0 Å². The third-order valence-corrected chi connectivity index (χ3v) is 6.46. The van der Waals surface area contributed by atoms with Crippen LogP contribution >= 0.6 is 0 Å². The van der Waals surface area contributed by atoms with Gasteiger partial charge in [-0.1, -0.05) is 37.3 Å². The molecule has 1 spiro atoms. The maximum Gasteiger partial charge on any atom is 0.223 e. The van der Waals surface area contributed by atoms with Crippen molar-refractivity contribution in [3.8, 4) is 0 Å². The van der Waals surface area contributed by atoms with Gasteiger partial charge in [0.05, 0.1) is 0 Å². The topological polar surface area (TPSA) is 52.7 Å². The van der Waals surface area contributed by atoms with E-state index in [1.807, 2.05) is 4.90 Å². The van der Waals surface area contributed by atoms with Crippen LogP contribution < -0.4 is 5.32 Å². The second kappa shape index (κ2) is 8.87. The highest BCUT2D eigenvalue weighted by molar-refractivity contribution is 5.83. The number of benzene rings is 1. The molecule has 0 saturated carbocycles. The summed E-state index contributed by atoms with van der Waals surface area (Å²) in [4.78, 5) is 28.4. The molecule has 1 atom stereocenters. The van der Waals surface area contributed by atoms with Gasteiger partial charge < -0.3 is 15.1 Å². The highest BCUT2D eigenvalue weighted by Crippen LogP contribution is 2.45. The Hall–Kier alpha value is -1.88. The van der Waals surface area contributed by atoms with E-state index in [1.165, 1.54) is 12.0 Å². The van der Waals surface area contributed by atoms with Gasteiger partial charge in [-0.25, -0.2) is 0 Å². The molecule has 148 valence electrons. The van der Waals surface area contributed by atoms with Crippen molar-refractivity contribution in [2.75, 3.05) is 39.8 Å². The average molecular weight is 372 g/mol. The molecule has 2 heterocycles. The number of hydrogen-bond donors (Lipinski definition) is 1. The molecular weight excluding hydrogens is 338 g/mol. The number of likely N-dealkylation sites (N-methyl/N-ethyl adjacent to an activating group) is 1. The number of nitrogens with zero attached hydrogens (tertiary/aromatic N) is 2. The fourth-order valence-corrected chi connectivity index (χ4v) is 4.79. The molecule has 0 radical (unpaired) electrons. The van der Waals surface area contributed by atoms with Crippen LogP contribution in [0.15, 0.2) is 30.3 Å². The van der Waals surface area contributed by atoms with Crippen molar-refractivity contribution >= 4 is 11.8 Å². The number of carbonyl (C=O) groups excluding carboxylic acids is 2. The van der Waals surface area contributed by atoms with Crippen molar-refractivity contribution in [1.29, 1.82) is 0 Å². The Kier molecular flexibility index (Phi) is 6.53. The first-order valence-electron chi connectivity index (χ1n) is 10.3. The van der Waals surface area contributed by atoms with Crippen LogP contribution in [-0.2, 0) is 9.59 Å². The molecule has 3 rings (SSSR count). The van der Waals surface area contributed by atoms with E-state index < -0.39 is 0 Å². The van der Waals surface area contributed by atoms with E-state index in [0.29, 0.717) is 17.8 Å². The number of rotatable bonds is 5. The number of amides is 2. The maximum absolute atomic E-state index is 12.4. The standard InChI is InChI=1S/C22H33N3O2/c1-3-24-16-19(18-7-5-4-6-8-18)15-22(17-24)11-13-25(14-12-22)21(27)10-9-20(26)23-2/h4-8,19H,3,9-17H2,1-2H3,(H,23,26). The molecule has 1 unspecified atom stereocenters. The summed E-state index contributed by atoms with van der Waals surface area (Å²) >= 11 is 0. The Morgan fingerprint density at radius 2 is 1.85 bits per heavy atom. The van der Waals surface area contributed by atoms with E-state index in [0.717, 1.165) is 45.6 Å². The predicted molar refractivity (Wildman–Crippen MR) is 107 cm³/mol. The van der Waals surface area contributed by atoms with Gasteiger partial charge >= 0.3 is 0 Å². The van der Waals surface area contributed by atoms with Crippen LogP contribution in [0.5, 0.6) is 0 Å². The lowest BCUT2D eigenvalue weighted by Gasteiger charge is -2.50. The quantitative estimate of drug-likeness (QED) is 0.866. The van der Waals surface area contributed by atoms with Gasteiger partial charge in [-0.2, -0.15) is 0 Å². The largest absolute Gasteiger partial charge is 0.359 e. The Balaban J connectivity index is 1.61. The minimum absolute atomic E-state index is 0.0617. The van der Waals surface area contributed by atoms with Crippen LogP contribution in [0, 0.1) is 5.41 Å². The van der Waals surface area contributed by atoms with Crippen LogP contribution in [0.3, 0.4) is 0 Å². The molecular formula is C22H33N3O2. The minimum Gasteiger partial charge on any atom is -0.359 e. The van der Waals surface area contributed by atoms with Gasteiger partial charge in [0.1, 0.15) is 0 Å². The summed E-state index contributed by atoms with van der Waals surface area (Å²) in [6.45, 7) is 7.26. The molecule has 2 amide bonds. The van der Waals surface area contributed by atoms with E-state index in [-0.39, 0.29) is 18.2 Å². The summed E-state index contributed by atoms with van der Waals surface area (Å²) in [5, 5.41) is 2.59. The summed E-state index contributed by atoms with van der Waals surface area (Å²) in [7, 11) is 1.61. The Labute approximate surface area is 163 Å². The maximum atomic E-state index is 12.4. The van der Waals surface area contributed by atoms with Gasteiger partial charge in [0.2, 0.25) is 11.8 Å². The second-order valence-electron chi connectivity index (χ2n) is 8.19. The first-order chi connectivity index (χ1) is 13.0. The van der Waals surface area contributed by atoms with Crippen molar-refractivity contribution in [2.45, 2.75) is 44.9 Å². The first-order valence-corrected chi connectivity index (χ1v) is 10.3. The lowest BCUT2D eigenvalue weighted by atomic mass is 9.68. The van der Waals surface area contributed by atoms with Crippen molar-refractivity contribution in [2.24, 2.45) is 5.41 Å². The van der Waals surface area contributed by atoms with Crippen LogP contribution in [0.1, 0.15) is 50.5 Å². The highest BCUT2D eigenvalue weighted by Gasteiger charge is 2.42. The first kappa shape index (κ1) is 19.9. The van der Waals surface area contributed by atoms with E-state index in [2.05, 4.69) is 47.5 Å². The molecule has 5 heteroatoms. The van der Waals surface area contributed by atoms with Crippen molar-refractivity contribution in [1.82, 2.24) is 15.1 Å². The molecule has 0 aromatic heterocycles. The smallest absolute Gasteiger partial charge is 0.223 e. The average Bonchev–Trinajstić information content (AvgIpc) is 2.72. The number of piperidine rings is 2. The van der Waals surface area contributed by atoms with Gasteiger partial charge in [0.25, 0.3) is 0 Å². The number of nitrogens with one attached hydrogen (secondary N) is 1. The summed E-state index contributed by atoms with van der Waals surface area (Å²) in [6, 6.07) is 10.9. The molecule has 2 aliphatic rings. The van der Waals surface area contributed by atoms with Crippen LogP contribution in [0.25, 0.3) is 0 Å². The Morgan fingerprint density at radius 3 is 2.48 bits per heavy atom. The molecule has 1 N–H and O–H groups in total. The molecule has 27 heavy (non-hydrogen) atoms. The van der Waals surface area contributed by atoms with E-state index in [1.54, 1.807) is 7.05 Å². The fraction of sp³-hybridized carbons (Fsp3) is 0.636. The van der Waals surface area contributed by atoms with Crippen molar-refractivity contribution < 1.29 is 9.59 Å². The third kappa shape index (κ3) is 4.89. The van der Waals surface area contributed by atoms with Gasteiger partial charge in [-0.15, -0.1) is 0 Å². The van der Waals surface area contributed by atoms with Crippen LogP contribution in [-0.4, -0.2) is 61.4 Å². The molecule has 5 nitrogen and oxygen atoms in total. The van der Waals surface area contributed by atoms with Crippen LogP contribution in [0.4, 0.5) is 0 Å². The number of hydrogen-bond acceptors (Lipinski definition) is 3. The van der Waals surface area contributed by atoms with Crippen LogP contribution in [0.2, 0.25) is 0 Å². The van der Waals surface area contributed by atoms with Gasteiger partial charge in [0, 0.05) is 46.1 Å².